The van der Waals surface area contributed by atoms with Gasteiger partial charge in [-0.3, -0.25) is 9.59 Å². The van der Waals surface area contributed by atoms with Gasteiger partial charge in [0.05, 0.1) is 6.42 Å². The number of amides is 2. The van der Waals surface area contributed by atoms with Crippen LogP contribution in [-0.4, -0.2) is 29.8 Å². The molecule has 4 heteroatoms. The summed E-state index contributed by atoms with van der Waals surface area (Å²) in [5.74, 6) is 0.140. The number of benzene rings is 1. The highest BCUT2D eigenvalue weighted by atomic mass is 16.2. The average molecular weight is 300 g/mol. The molecular formula is C18H24N2O2. The second-order valence-electron chi connectivity index (χ2n) is 6.65. The number of carbonyl (C=O) groups excluding carboxylic acids is 2. The van der Waals surface area contributed by atoms with Gasteiger partial charge in [-0.2, -0.15) is 0 Å². The van der Waals surface area contributed by atoms with E-state index in [4.69, 9.17) is 5.73 Å². The van der Waals surface area contributed by atoms with Crippen LogP contribution >= 0.6 is 0 Å². The Balaban J connectivity index is 1.59. The first kappa shape index (κ1) is 15.1. The fraction of sp³-hybridized carbons (Fsp3) is 0.556. The largest absolute Gasteiger partial charge is 0.370 e. The van der Waals surface area contributed by atoms with E-state index < -0.39 is 0 Å². The summed E-state index contributed by atoms with van der Waals surface area (Å²) in [6.45, 7) is 1.43. The van der Waals surface area contributed by atoms with E-state index in [1.54, 1.807) is 0 Å². The third-order valence-electron chi connectivity index (χ3n) is 4.90. The molecule has 0 bridgehead atoms. The second kappa shape index (κ2) is 6.51. The predicted molar refractivity (Wildman–Crippen MR) is 85.3 cm³/mol. The van der Waals surface area contributed by atoms with Crippen molar-refractivity contribution in [2.75, 3.05) is 13.1 Å². The molecule has 4 nitrogen and oxygen atoms in total. The number of rotatable bonds is 4. The molecule has 2 aliphatic rings. The van der Waals surface area contributed by atoms with Crippen molar-refractivity contribution in [3.05, 3.63) is 34.9 Å². The van der Waals surface area contributed by atoms with Gasteiger partial charge in [0.25, 0.3) is 0 Å². The van der Waals surface area contributed by atoms with Crippen LogP contribution in [0.4, 0.5) is 0 Å². The van der Waals surface area contributed by atoms with Gasteiger partial charge in [0.15, 0.2) is 0 Å². The van der Waals surface area contributed by atoms with Gasteiger partial charge in [-0.25, -0.2) is 0 Å². The van der Waals surface area contributed by atoms with Crippen LogP contribution in [0.1, 0.15) is 42.4 Å². The zero-order valence-electron chi connectivity index (χ0n) is 13.0. The van der Waals surface area contributed by atoms with Crippen LogP contribution in [0.25, 0.3) is 0 Å². The molecule has 1 atom stereocenters. The van der Waals surface area contributed by atoms with E-state index in [0.717, 1.165) is 24.9 Å². The van der Waals surface area contributed by atoms with Crippen molar-refractivity contribution >= 4 is 11.8 Å². The van der Waals surface area contributed by atoms with Gasteiger partial charge in [-0.05, 0) is 54.7 Å². The Morgan fingerprint density at radius 1 is 1.18 bits per heavy atom. The molecular weight excluding hydrogens is 276 g/mol. The summed E-state index contributed by atoms with van der Waals surface area (Å²) in [5, 5.41) is 0. The van der Waals surface area contributed by atoms with Gasteiger partial charge >= 0.3 is 0 Å². The Morgan fingerprint density at radius 2 is 1.95 bits per heavy atom. The number of aryl methyl sites for hydroxylation is 2. The average Bonchev–Trinajstić information content (AvgIpc) is 2.95. The van der Waals surface area contributed by atoms with Gasteiger partial charge in [0, 0.05) is 19.5 Å². The predicted octanol–water partition coefficient (Wildman–Crippen LogP) is 1.83. The molecule has 2 N–H and O–H groups in total. The number of carbonyl (C=O) groups is 2. The molecule has 3 rings (SSSR count). The summed E-state index contributed by atoms with van der Waals surface area (Å²) >= 11 is 0. The maximum absolute atomic E-state index is 12.4. The minimum Gasteiger partial charge on any atom is -0.370 e. The van der Waals surface area contributed by atoms with Crippen LogP contribution in [0.3, 0.4) is 0 Å². The SMILES string of the molecule is NC(=O)CC1CCN(C(=O)Cc2ccc3c(c2)CCCC3)C1. The minimum absolute atomic E-state index is 0.169. The van der Waals surface area contributed by atoms with E-state index in [1.165, 1.54) is 30.4 Å². The summed E-state index contributed by atoms with van der Waals surface area (Å²) in [4.78, 5) is 25.3. The quantitative estimate of drug-likeness (QED) is 0.922. The highest BCUT2D eigenvalue weighted by Gasteiger charge is 2.27. The molecule has 22 heavy (non-hydrogen) atoms. The number of primary amides is 1. The molecule has 1 aromatic carbocycles. The summed E-state index contributed by atoms with van der Waals surface area (Å²) in [7, 11) is 0. The third-order valence-corrected chi connectivity index (χ3v) is 4.90. The normalized spacial score (nSPS) is 20.7. The zero-order chi connectivity index (χ0) is 15.5. The van der Waals surface area contributed by atoms with Gasteiger partial charge in [-0.15, -0.1) is 0 Å². The van der Waals surface area contributed by atoms with Crippen LogP contribution in [0.15, 0.2) is 18.2 Å². The fourth-order valence-corrected chi connectivity index (χ4v) is 3.69. The first-order valence-corrected chi connectivity index (χ1v) is 8.28. The molecule has 1 aliphatic heterocycles. The van der Waals surface area contributed by atoms with Gasteiger partial charge in [-0.1, -0.05) is 18.2 Å². The van der Waals surface area contributed by atoms with Crippen molar-refractivity contribution in [1.29, 1.82) is 0 Å². The van der Waals surface area contributed by atoms with E-state index in [0.29, 0.717) is 19.4 Å². The van der Waals surface area contributed by atoms with Crippen molar-refractivity contribution in [2.45, 2.75) is 44.9 Å². The lowest BCUT2D eigenvalue weighted by molar-refractivity contribution is -0.129. The molecule has 1 aromatic rings. The number of hydrogen-bond donors (Lipinski definition) is 1. The Bertz CT molecular complexity index is 582. The van der Waals surface area contributed by atoms with Crippen LogP contribution in [0.5, 0.6) is 0 Å². The maximum atomic E-state index is 12.4. The summed E-state index contributed by atoms with van der Waals surface area (Å²) in [6.07, 6.45) is 6.59. The molecule has 0 saturated carbocycles. The van der Waals surface area contributed by atoms with Crippen LogP contribution in [-0.2, 0) is 28.9 Å². The van der Waals surface area contributed by atoms with E-state index >= 15 is 0 Å². The molecule has 1 unspecified atom stereocenters. The lowest BCUT2D eigenvalue weighted by Gasteiger charge is -2.19. The third kappa shape index (κ3) is 3.49. The molecule has 0 aromatic heterocycles. The summed E-state index contributed by atoms with van der Waals surface area (Å²) in [5.41, 5.74) is 9.22. The lowest BCUT2D eigenvalue weighted by atomic mass is 9.90. The van der Waals surface area contributed by atoms with Gasteiger partial charge < -0.3 is 10.6 Å². The molecule has 2 amide bonds. The molecule has 1 saturated heterocycles. The standard InChI is InChI=1S/C18H24N2O2/c19-17(21)10-14-7-8-20(12-14)18(22)11-13-5-6-15-3-1-2-4-16(15)9-13/h5-6,9,14H,1-4,7-8,10-12H2,(H2,19,21). The topological polar surface area (TPSA) is 63.4 Å². The second-order valence-corrected chi connectivity index (χ2v) is 6.65. The smallest absolute Gasteiger partial charge is 0.226 e. The van der Waals surface area contributed by atoms with E-state index in [1.807, 2.05) is 4.90 Å². The summed E-state index contributed by atoms with van der Waals surface area (Å²) < 4.78 is 0. The molecule has 0 radical (unpaired) electrons. The number of hydrogen-bond acceptors (Lipinski definition) is 2. The summed E-state index contributed by atoms with van der Waals surface area (Å²) in [6, 6.07) is 6.50. The van der Waals surface area contributed by atoms with Crippen molar-refractivity contribution in [3.63, 3.8) is 0 Å². The van der Waals surface area contributed by atoms with Crippen LogP contribution in [0, 0.1) is 5.92 Å². The minimum atomic E-state index is -0.269. The first-order chi connectivity index (χ1) is 10.6. The Labute approximate surface area is 131 Å². The number of likely N-dealkylation sites (tertiary alicyclic amines) is 1. The monoisotopic (exact) mass is 300 g/mol. The van der Waals surface area contributed by atoms with E-state index in [9.17, 15) is 9.59 Å². The Hall–Kier alpha value is -1.84. The van der Waals surface area contributed by atoms with Gasteiger partial charge in [0.1, 0.15) is 0 Å². The number of fused-ring (bicyclic) bond motifs is 1. The highest BCUT2D eigenvalue weighted by molar-refractivity contribution is 5.79. The zero-order valence-corrected chi connectivity index (χ0v) is 13.0. The molecule has 1 fully saturated rings. The van der Waals surface area contributed by atoms with E-state index in [-0.39, 0.29) is 17.7 Å². The maximum Gasteiger partial charge on any atom is 0.226 e. The van der Waals surface area contributed by atoms with Crippen molar-refractivity contribution < 1.29 is 9.59 Å². The number of nitrogens with zero attached hydrogens (tertiary/aromatic N) is 1. The van der Waals surface area contributed by atoms with Crippen LogP contribution in [0.2, 0.25) is 0 Å². The van der Waals surface area contributed by atoms with E-state index in [2.05, 4.69) is 18.2 Å². The van der Waals surface area contributed by atoms with Crippen LogP contribution < -0.4 is 5.73 Å². The molecule has 0 spiro atoms. The lowest BCUT2D eigenvalue weighted by Crippen LogP contribution is -2.30. The Morgan fingerprint density at radius 3 is 2.73 bits per heavy atom. The van der Waals surface area contributed by atoms with Gasteiger partial charge in [0.2, 0.25) is 11.8 Å². The number of nitrogens with two attached hydrogens (primary N) is 1. The van der Waals surface area contributed by atoms with Crippen molar-refractivity contribution in [2.24, 2.45) is 11.7 Å². The molecule has 118 valence electrons. The van der Waals surface area contributed by atoms with Crippen molar-refractivity contribution in [1.82, 2.24) is 4.90 Å². The Kier molecular flexibility index (Phi) is 4.46. The highest BCUT2D eigenvalue weighted by Crippen LogP contribution is 2.24. The first-order valence-electron chi connectivity index (χ1n) is 8.28. The fourth-order valence-electron chi connectivity index (χ4n) is 3.69. The van der Waals surface area contributed by atoms with Crippen molar-refractivity contribution in [3.8, 4) is 0 Å². The molecule has 1 heterocycles. The molecule has 1 aliphatic carbocycles.